The van der Waals surface area contributed by atoms with Crippen molar-refractivity contribution in [2.45, 2.75) is 12.8 Å². The number of H-pyrrole nitrogens is 1. The highest BCUT2D eigenvalue weighted by atomic mass is 16.4. The Bertz CT molecular complexity index is 640. The minimum atomic E-state index is -1.02. The Balaban J connectivity index is 2.19. The molecule has 0 aromatic carbocycles. The van der Waals surface area contributed by atoms with Gasteiger partial charge >= 0.3 is 11.7 Å². The first kappa shape index (κ1) is 11.1. The number of carboxylic acids is 1. The number of aliphatic carboxylic acids is 1. The molecule has 7 heteroatoms. The van der Waals surface area contributed by atoms with Crippen molar-refractivity contribution < 1.29 is 9.90 Å². The lowest BCUT2D eigenvalue weighted by molar-refractivity contribution is -0.132. The zero-order valence-corrected chi connectivity index (χ0v) is 8.88. The number of hydrogen-bond acceptors (Lipinski definition) is 4. The average molecular weight is 234 g/mol. The van der Waals surface area contributed by atoms with E-state index in [0.717, 1.165) is 4.52 Å². The van der Waals surface area contributed by atoms with Crippen LogP contribution in [0.3, 0.4) is 0 Å². The Hall–Kier alpha value is -2.44. The highest BCUT2D eigenvalue weighted by Crippen LogP contribution is 2.06. The van der Waals surface area contributed by atoms with Crippen molar-refractivity contribution >= 4 is 11.6 Å². The largest absolute Gasteiger partial charge is 0.478 e. The molecule has 2 N–H and O–H groups in total. The second kappa shape index (κ2) is 4.20. The third kappa shape index (κ3) is 2.22. The highest BCUT2D eigenvalue weighted by molar-refractivity contribution is 5.85. The first-order valence-corrected chi connectivity index (χ1v) is 4.92. The zero-order chi connectivity index (χ0) is 12.4. The fourth-order valence-electron chi connectivity index (χ4n) is 1.36. The molecule has 88 valence electrons. The standard InChI is InChI=1S/C10H10N4O3/c1-6(9(15)16)2-3-7-4-5-8-11-12-10(17)14(8)13-7/h4-5H,1-3H2,(H,12,17)(H,15,16). The molecular weight excluding hydrogens is 224 g/mol. The number of hydrogen-bond donors (Lipinski definition) is 2. The molecule has 2 aromatic heterocycles. The van der Waals surface area contributed by atoms with Gasteiger partial charge in [0.25, 0.3) is 0 Å². The van der Waals surface area contributed by atoms with Crippen LogP contribution in [0, 0.1) is 0 Å². The third-order valence-electron chi connectivity index (χ3n) is 2.31. The molecule has 0 saturated heterocycles. The van der Waals surface area contributed by atoms with Crippen LogP contribution in [-0.4, -0.2) is 30.9 Å². The first-order chi connectivity index (χ1) is 8.08. The van der Waals surface area contributed by atoms with E-state index in [2.05, 4.69) is 21.9 Å². The van der Waals surface area contributed by atoms with Crippen molar-refractivity contribution in [2.24, 2.45) is 0 Å². The van der Waals surface area contributed by atoms with Crippen LogP contribution >= 0.6 is 0 Å². The minimum Gasteiger partial charge on any atom is -0.478 e. The number of aromatic nitrogens is 4. The maximum atomic E-state index is 11.2. The van der Waals surface area contributed by atoms with E-state index in [1.165, 1.54) is 0 Å². The van der Waals surface area contributed by atoms with Gasteiger partial charge in [0.05, 0.1) is 5.69 Å². The summed E-state index contributed by atoms with van der Waals surface area (Å²) in [7, 11) is 0. The van der Waals surface area contributed by atoms with E-state index >= 15 is 0 Å². The van der Waals surface area contributed by atoms with Crippen LogP contribution in [0.25, 0.3) is 5.65 Å². The Morgan fingerprint density at radius 2 is 2.29 bits per heavy atom. The lowest BCUT2D eigenvalue weighted by atomic mass is 10.1. The molecule has 0 spiro atoms. The van der Waals surface area contributed by atoms with Crippen LogP contribution in [0.4, 0.5) is 0 Å². The van der Waals surface area contributed by atoms with E-state index < -0.39 is 11.7 Å². The molecule has 0 aliphatic heterocycles. The second-order valence-corrected chi connectivity index (χ2v) is 3.53. The molecule has 0 radical (unpaired) electrons. The number of aryl methyl sites for hydroxylation is 1. The number of rotatable bonds is 4. The van der Waals surface area contributed by atoms with Crippen molar-refractivity contribution in [3.63, 3.8) is 0 Å². The molecule has 0 aliphatic rings. The summed E-state index contributed by atoms with van der Waals surface area (Å²) < 4.78 is 1.14. The molecule has 2 rings (SSSR count). The zero-order valence-electron chi connectivity index (χ0n) is 8.88. The van der Waals surface area contributed by atoms with E-state index in [1.54, 1.807) is 12.1 Å². The second-order valence-electron chi connectivity index (χ2n) is 3.53. The van der Waals surface area contributed by atoms with Gasteiger partial charge < -0.3 is 5.11 Å². The number of nitrogens with zero attached hydrogens (tertiary/aromatic N) is 3. The summed E-state index contributed by atoms with van der Waals surface area (Å²) in [5.74, 6) is -1.02. The summed E-state index contributed by atoms with van der Waals surface area (Å²) >= 11 is 0. The smallest absolute Gasteiger partial charge is 0.364 e. The van der Waals surface area contributed by atoms with Crippen LogP contribution in [0.1, 0.15) is 12.1 Å². The molecule has 0 bridgehead atoms. The van der Waals surface area contributed by atoms with Crippen molar-refractivity contribution in [1.29, 1.82) is 0 Å². The van der Waals surface area contributed by atoms with Crippen LogP contribution in [-0.2, 0) is 11.2 Å². The van der Waals surface area contributed by atoms with Gasteiger partial charge in [0, 0.05) is 5.57 Å². The molecule has 0 fully saturated rings. The predicted octanol–water partition coefficient (Wildman–Crippen LogP) is -0.00900. The van der Waals surface area contributed by atoms with Crippen molar-refractivity contribution in [3.05, 3.63) is 40.5 Å². The van der Waals surface area contributed by atoms with Gasteiger partial charge in [-0.25, -0.2) is 14.7 Å². The molecule has 0 unspecified atom stereocenters. The molecule has 2 heterocycles. The van der Waals surface area contributed by atoms with E-state index in [9.17, 15) is 9.59 Å². The molecule has 2 aromatic rings. The quantitative estimate of drug-likeness (QED) is 0.725. The average Bonchev–Trinajstić information content (AvgIpc) is 2.68. The van der Waals surface area contributed by atoms with E-state index in [-0.39, 0.29) is 5.57 Å². The van der Waals surface area contributed by atoms with Crippen LogP contribution in [0.15, 0.2) is 29.1 Å². The van der Waals surface area contributed by atoms with Crippen LogP contribution in [0.2, 0.25) is 0 Å². The van der Waals surface area contributed by atoms with E-state index in [1.807, 2.05) is 0 Å². The maximum absolute atomic E-state index is 11.2. The predicted molar refractivity (Wildman–Crippen MR) is 58.7 cm³/mol. The van der Waals surface area contributed by atoms with Gasteiger partial charge in [-0.1, -0.05) is 6.58 Å². The van der Waals surface area contributed by atoms with Gasteiger partial charge in [-0.05, 0) is 25.0 Å². The number of carbonyl (C=O) groups is 1. The Morgan fingerprint density at radius 3 is 3.00 bits per heavy atom. The van der Waals surface area contributed by atoms with Gasteiger partial charge in [-0.15, -0.1) is 0 Å². The number of aromatic amines is 1. The van der Waals surface area contributed by atoms with Crippen molar-refractivity contribution in [2.75, 3.05) is 0 Å². The Morgan fingerprint density at radius 1 is 1.53 bits per heavy atom. The van der Waals surface area contributed by atoms with Gasteiger partial charge in [-0.2, -0.15) is 14.7 Å². The molecule has 17 heavy (non-hydrogen) atoms. The van der Waals surface area contributed by atoms with Gasteiger partial charge in [0.2, 0.25) is 0 Å². The molecular formula is C10H10N4O3. The van der Waals surface area contributed by atoms with E-state index in [0.29, 0.717) is 24.2 Å². The Kier molecular flexibility index (Phi) is 2.73. The van der Waals surface area contributed by atoms with Gasteiger partial charge in [0.15, 0.2) is 5.65 Å². The van der Waals surface area contributed by atoms with Crippen molar-refractivity contribution in [1.82, 2.24) is 19.8 Å². The Labute approximate surface area is 95.4 Å². The summed E-state index contributed by atoms with van der Waals surface area (Å²) in [4.78, 5) is 21.8. The first-order valence-electron chi connectivity index (χ1n) is 4.92. The monoisotopic (exact) mass is 234 g/mol. The molecule has 0 aliphatic carbocycles. The van der Waals surface area contributed by atoms with Gasteiger partial charge in [-0.3, -0.25) is 0 Å². The third-order valence-corrected chi connectivity index (χ3v) is 2.31. The van der Waals surface area contributed by atoms with Crippen LogP contribution < -0.4 is 5.69 Å². The molecule has 0 atom stereocenters. The molecule has 0 saturated carbocycles. The normalized spacial score (nSPS) is 10.6. The highest BCUT2D eigenvalue weighted by Gasteiger charge is 2.06. The van der Waals surface area contributed by atoms with E-state index in [4.69, 9.17) is 5.11 Å². The minimum absolute atomic E-state index is 0.117. The SMILES string of the molecule is C=C(CCc1ccc2n[nH]c(=O)n2n1)C(=O)O. The summed E-state index contributed by atoms with van der Waals surface area (Å²) in [6.07, 6.45) is 0.707. The fourth-order valence-corrected chi connectivity index (χ4v) is 1.36. The lowest BCUT2D eigenvalue weighted by Gasteiger charge is -2.00. The van der Waals surface area contributed by atoms with Crippen molar-refractivity contribution in [3.8, 4) is 0 Å². The summed E-state index contributed by atoms with van der Waals surface area (Å²) in [6.45, 7) is 3.42. The van der Waals surface area contributed by atoms with Gasteiger partial charge in [0.1, 0.15) is 0 Å². The maximum Gasteiger partial charge on any atom is 0.364 e. The van der Waals surface area contributed by atoms with Crippen LogP contribution in [0.5, 0.6) is 0 Å². The summed E-state index contributed by atoms with van der Waals surface area (Å²) in [5.41, 5.74) is 0.740. The summed E-state index contributed by atoms with van der Waals surface area (Å²) in [6, 6.07) is 3.34. The number of nitrogens with one attached hydrogen (secondary N) is 1. The summed E-state index contributed by atoms with van der Waals surface area (Å²) in [5, 5.41) is 18.7. The lowest BCUT2D eigenvalue weighted by Crippen LogP contribution is -2.13. The topological polar surface area (TPSA) is 100 Å². The number of carboxylic acid groups (broad SMARTS) is 1. The molecule has 0 amide bonds. The fraction of sp³-hybridized carbons (Fsp3) is 0.200. The molecule has 7 nitrogen and oxygen atoms in total. The number of fused-ring (bicyclic) bond motifs is 1.